The number of pyridine rings is 1. The quantitative estimate of drug-likeness (QED) is 0.687. The number of halogens is 2. The van der Waals surface area contributed by atoms with Crippen molar-refractivity contribution < 1.29 is 13.5 Å². The maximum atomic E-state index is 13.7. The summed E-state index contributed by atoms with van der Waals surface area (Å²) in [6.45, 7) is 0. The number of nitrogens with zero attached hydrogens (tertiary/aromatic N) is 2. The number of aromatic nitrogens is 3. The summed E-state index contributed by atoms with van der Waals surface area (Å²) in [5, 5.41) is -0.104. The number of alkyl halides is 2. The molecule has 1 aliphatic carbocycles. The molecule has 134 valence electrons. The number of H-pyrrole nitrogens is 1. The molecule has 0 aliphatic heterocycles. The van der Waals surface area contributed by atoms with Crippen molar-refractivity contribution in [2.75, 3.05) is 7.11 Å². The maximum Gasteiger partial charge on any atom is 0.264 e. The van der Waals surface area contributed by atoms with Crippen molar-refractivity contribution in [2.45, 2.75) is 25.3 Å². The molecular weight excluding hydrogens is 360 g/mol. The van der Waals surface area contributed by atoms with E-state index in [1.807, 2.05) is 0 Å². The first-order chi connectivity index (χ1) is 12.5. The maximum absolute atomic E-state index is 13.7. The highest BCUT2D eigenvalue weighted by Gasteiger charge is 2.28. The predicted molar refractivity (Wildman–Crippen MR) is 96.4 cm³/mol. The van der Waals surface area contributed by atoms with Crippen molar-refractivity contribution >= 4 is 23.3 Å². The van der Waals surface area contributed by atoms with Crippen LogP contribution in [0.5, 0.6) is 5.75 Å². The number of hydrogen-bond acceptors (Lipinski definition) is 4. The number of methoxy groups -OCH3 is 1. The van der Waals surface area contributed by atoms with Gasteiger partial charge in [0.1, 0.15) is 11.4 Å². The van der Waals surface area contributed by atoms with Gasteiger partial charge in [0.25, 0.3) is 12.0 Å². The first-order valence-corrected chi connectivity index (χ1v) is 8.52. The largest absolute Gasteiger partial charge is 0.497 e. The van der Waals surface area contributed by atoms with Crippen LogP contribution in [0.4, 0.5) is 8.78 Å². The second-order valence-corrected chi connectivity index (χ2v) is 6.58. The predicted octanol–water partition coefficient (Wildman–Crippen LogP) is 4.40. The third-order valence-electron chi connectivity index (χ3n) is 4.44. The Morgan fingerprint density at radius 3 is 2.77 bits per heavy atom. The molecular formula is C18H15F2N3O2S. The van der Waals surface area contributed by atoms with Crippen molar-refractivity contribution in [3.05, 3.63) is 51.0 Å². The van der Waals surface area contributed by atoms with E-state index >= 15 is 0 Å². The zero-order valence-corrected chi connectivity index (χ0v) is 14.6. The van der Waals surface area contributed by atoms with Crippen LogP contribution < -0.4 is 10.3 Å². The number of hydrogen-bond donors (Lipinski definition) is 1. The average molecular weight is 375 g/mol. The van der Waals surface area contributed by atoms with Gasteiger partial charge in [-0.3, -0.25) is 14.3 Å². The minimum Gasteiger partial charge on any atom is -0.497 e. The van der Waals surface area contributed by atoms with Crippen LogP contribution in [0.2, 0.25) is 0 Å². The normalized spacial score (nSPS) is 14.2. The fourth-order valence-corrected chi connectivity index (χ4v) is 3.38. The van der Waals surface area contributed by atoms with Crippen molar-refractivity contribution in [1.82, 2.24) is 14.5 Å². The molecule has 0 atom stereocenters. The Kier molecular flexibility index (Phi) is 4.07. The summed E-state index contributed by atoms with van der Waals surface area (Å²) in [5.74, 6) is 0.591. The van der Waals surface area contributed by atoms with Crippen LogP contribution >= 0.6 is 12.2 Å². The molecule has 1 N–H and O–H groups in total. The number of aromatic amines is 1. The van der Waals surface area contributed by atoms with Crippen molar-refractivity contribution in [3.63, 3.8) is 0 Å². The van der Waals surface area contributed by atoms with E-state index in [0.29, 0.717) is 17.0 Å². The summed E-state index contributed by atoms with van der Waals surface area (Å²) in [4.78, 5) is 19.4. The van der Waals surface area contributed by atoms with E-state index in [-0.39, 0.29) is 27.4 Å². The molecule has 2 heterocycles. The Bertz CT molecular complexity index is 1120. The summed E-state index contributed by atoms with van der Waals surface area (Å²) in [5.41, 5.74) is 0.194. The molecule has 26 heavy (non-hydrogen) atoms. The van der Waals surface area contributed by atoms with Crippen LogP contribution in [0.1, 0.15) is 30.9 Å². The third-order valence-corrected chi connectivity index (χ3v) is 4.74. The molecule has 1 aromatic carbocycles. The summed E-state index contributed by atoms with van der Waals surface area (Å²) in [6, 6.07) is 8.34. The van der Waals surface area contributed by atoms with Crippen molar-refractivity contribution in [2.24, 2.45) is 0 Å². The van der Waals surface area contributed by atoms with Crippen LogP contribution in [0.15, 0.2) is 35.1 Å². The molecule has 1 aliphatic rings. The zero-order chi connectivity index (χ0) is 18.4. The summed E-state index contributed by atoms with van der Waals surface area (Å²) < 4.78 is 34.5. The Morgan fingerprint density at radius 1 is 1.35 bits per heavy atom. The molecule has 4 rings (SSSR count). The van der Waals surface area contributed by atoms with E-state index in [9.17, 15) is 13.6 Å². The lowest BCUT2D eigenvalue weighted by Gasteiger charge is -2.14. The molecule has 0 amide bonds. The molecule has 0 radical (unpaired) electrons. The fraction of sp³-hybridized carbons (Fsp3) is 0.278. The van der Waals surface area contributed by atoms with Crippen molar-refractivity contribution in [3.8, 4) is 17.0 Å². The molecule has 2 aromatic heterocycles. The minimum absolute atomic E-state index is 0.0837. The van der Waals surface area contributed by atoms with Gasteiger partial charge in [-0.05, 0) is 43.3 Å². The smallest absolute Gasteiger partial charge is 0.264 e. The molecule has 1 saturated carbocycles. The highest BCUT2D eigenvalue weighted by atomic mass is 32.1. The van der Waals surface area contributed by atoms with Gasteiger partial charge in [-0.2, -0.15) is 0 Å². The first kappa shape index (κ1) is 16.8. The zero-order valence-electron chi connectivity index (χ0n) is 13.8. The molecule has 0 saturated heterocycles. The van der Waals surface area contributed by atoms with E-state index < -0.39 is 12.0 Å². The summed E-state index contributed by atoms with van der Waals surface area (Å²) in [7, 11) is 1.53. The van der Waals surface area contributed by atoms with Crippen LogP contribution in [0, 0.1) is 4.77 Å². The lowest BCUT2D eigenvalue weighted by molar-refractivity contribution is 0.153. The second-order valence-electron chi connectivity index (χ2n) is 6.19. The number of benzene rings is 1. The van der Waals surface area contributed by atoms with E-state index in [0.717, 1.165) is 12.8 Å². The van der Waals surface area contributed by atoms with Gasteiger partial charge >= 0.3 is 0 Å². The van der Waals surface area contributed by atoms with Gasteiger partial charge in [-0.1, -0.05) is 12.1 Å². The molecule has 0 unspecified atom stereocenters. The average Bonchev–Trinajstić information content (AvgIpc) is 3.45. The molecule has 0 bridgehead atoms. The van der Waals surface area contributed by atoms with E-state index in [2.05, 4.69) is 9.97 Å². The van der Waals surface area contributed by atoms with Gasteiger partial charge in [0.15, 0.2) is 4.77 Å². The van der Waals surface area contributed by atoms with Gasteiger partial charge in [0.2, 0.25) is 0 Å². The Morgan fingerprint density at radius 2 is 2.12 bits per heavy atom. The Balaban J connectivity index is 2.08. The van der Waals surface area contributed by atoms with Crippen LogP contribution in [0.3, 0.4) is 0 Å². The second kappa shape index (κ2) is 6.28. The Hall–Kier alpha value is -2.61. The lowest BCUT2D eigenvalue weighted by atomic mass is 10.1. The molecule has 3 aromatic rings. The topological polar surface area (TPSA) is 59.9 Å². The fourth-order valence-electron chi connectivity index (χ4n) is 3.05. The van der Waals surface area contributed by atoms with Gasteiger partial charge in [-0.15, -0.1) is 0 Å². The van der Waals surface area contributed by atoms with Crippen LogP contribution in [-0.4, -0.2) is 21.6 Å². The molecule has 0 spiro atoms. The van der Waals surface area contributed by atoms with Crippen molar-refractivity contribution in [1.29, 1.82) is 0 Å². The third kappa shape index (κ3) is 2.80. The SMILES string of the molecule is COc1cccc(-c2cc(C(F)F)c3c(=O)[nH]c(=S)n(C4CC4)c3n2)c1. The van der Waals surface area contributed by atoms with Crippen LogP contribution in [-0.2, 0) is 0 Å². The van der Waals surface area contributed by atoms with E-state index in [1.54, 1.807) is 28.8 Å². The minimum atomic E-state index is -2.81. The lowest BCUT2D eigenvalue weighted by Crippen LogP contribution is -2.17. The monoisotopic (exact) mass is 375 g/mol. The molecule has 1 fully saturated rings. The van der Waals surface area contributed by atoms with Gasteiger partial charge in [-0.25, -0.2) is 13.8 Å². The van der Waals surface area contributed by atoms with E-state index in [4.69, 9.17) is 17.0 Å². The molecule has 5 nitrogen and oxygen atoms in total. The number of rotatable bonds is 4. The number of fused-ring (bicyclic) bond motifs is 1. The number of nitrogens with one attached hydrogen (secondary N) is 1. The summed E-state index contributed by atoms with van der Waals surface area (Å²) >= 11 is 5.25. The van der Waals surface area contributed by atoms with Gasteiger partial charge < -0.3 is 4.74 Å². The Labute approximate surface area is 152 Å². The molecule has 8 heteroatoms. The van der Waals surface area contributed by atoms with Gasteiger partial charge in [0, 0.05) is 17.2 Å². The highest BCUT2D eigenvalue weighted by Crippen LogP contribution is 2.38. The van der Waals surface area contributed by atoms with Gasteiger partial charge in [0.05, 0.1) is 18.2 Å². The van der Waals surface area contributed by atoms with E-state index in [1.165, 1.54) is 13.2 Å². The standard InChI is InChI=1S/C18H15F2N3O2S/c1-25-11-4-2-3-9(7-11)13-8-12(15(19)20)14-16(21-13)23(10-5-6-10)18(26)22-17(14)24/h2-4,7-8,10,15H,5-6H2,1H3,(H,22,24,26). The highest BCUT2D eigenvalue weighted by molar-refractivity contribution is 7.71. The summed E-state index contributed by atoms with van der Waals surface area (Å²) in [6.07, 6.45) is -1.05. The number of ether oxygens (including phenoxy) is 1. The van der Waals surface area contributed by atoms with Crippen LogP contribution in [0.25, 0.3) is 22.3 Å². The first-order valence-electron chi connectivity index (χ1n) is 8.11.